The van der Waals surface area contributed by atoms with Crippen molar-refractivity contribution >= 4 is 39.5 Å². The number of hydrogen-bond donors (Lipinski definition) is 1. The van der Waals surface area contributed by atoms with Gasteiger partial charge in [0.25, 0.3) is 0 Å². The molecule has 0 aliphatic carbocycles. The third-order valence-corrected chi connectivity index (χ3v) is 4.20. The van der Waals surface area contributed by atoms with Crippen molar-refractivity contribution in [3.8, 4) is 0 Å². The number of aryl methyl sites for hydroxylation is 1. The molecule has 1 N–H and O–H groups in total. The molecule has 6 heteroatoms. The molecule has 1 unspecified atom stereocenters. The number of carbonyl (C=O) groups is 1. The zero-order valence-corrected chi connectivity index (χ0v) is 14.9. The number of nitrogens with zero attached hydrogens (tertiary/aromatic N) is 1. The third kappa shape index (κ3) is 3.38. The Morgan fingerprint density at radius 1 is 1.41 bits per heavy atom. The van der Waals surface area contributed by atoms with E-state index in [-0.39, 0.29) is 0 Å². The molecule has 0 spiro atoms. The van der Waals surface area contributed by atoms with Crippen molar-refractivity contribution in [3.63, 3.8) is 0 Å². The number of carboxylic acids is 1. The summed E-state index contributed by atoms with van der Waals surface area (Å²) < 4.78 is 20.3. The first-order valence-corrected chi connectivity index (χ1v) is 7.84. The van der Waals surface area contributed by atoms with Gasteiger partial charge in [0, 0.05) is 20.2 Å². The number of benzene rings is 1. The highest BCUT2D eigenvalue weighted by atomic mass is 127. The van der Waals surface area contributed by atoms with E-state index in [9.17, 15) is 14.3 Å². The molecule has 0 saturated heterocycles. The average Bonchev–Trinajstić information content (AvgIpc) is 2.35. The SMILES string of the molecule is Cc1nc2cccc(F)c2c(I)c1C(OC(C)(C)C)C(=O)O. The van der Waals surface area contributed by atoms with Gasteiger partial charge in [-0.25, -0.2) is 9.18 Å². The molecule has 0 radical (unpaired) electrons. The van der Waals surface area contributed by atoms with Gasteiger partial charge in [-0.1, -0.05) is 6.07 Å². The van der Waals surface area contributed by atoms with Crippen LogP contribution in [-0.2, 0) is 9.53 Å². The van der Waals surface area contributed by atoms with E-state index < -0.39 is 23.5 Å². The summed E-state index contributed by atoms with van der Waals surface area (Å²) >= 11 is 1.97. The standard InChI is InChI=1S/C16H17FINO3/c1-8-11(14(15(20)21)22-16(2,3)4)13(18)12-9(17)6-5-7-10(12)19-8/h5-7,14H,1-4H3,(H,20,21). The molecule has 22 heavy (non-hydrogen) atoms. The highest BCUT2D eigenvalue weighted by Gasteiger charge is 2.31. The average molecular weight is 417 g/mol. The number of fused-ring (bicyclic) bond motifs is 1. The summed E-state index contributed by atoms with van der Waals surface area (Å²) in [6.07, 6.45) is -1.19. The second-order valence-electron chi connectivity index (χ2n) is 6.01. The van der Waals surface area contributed by atoms with E-state index in [0.29, 0.717) is 25.7 Å². The molecule has 0 amide bonds. The van der Waals surface area contributed by atoms with E-state index in [1.807, 2.05) is 22.6 Å². The lowest BCUT2D eigenvalue weighted by molar-refractivity contribution is -0.160. The maximum Gasteiger partial charge on any atom is 0.337 e. The van der Waals surface area contributed by atoms with Gasteiger partial charge in [0.05, 0.1) is 11.1 Å². The Hall–Kier alpha value is -1.28. The maximum absolute atomic E-state index is 14.1. The minimum atomic E-state index is -1.19. The molecule has 2 rings (SSSR count). The summed E-state index contributed by atoms with van der Waals surface area (Å²) in [7, 11) is 0. The second-order valence-corrected chi connectivity index (χ2v) is 7.09. The number of rotatable bonds is 3. The molecule has 4 nitrogen and oxygen atoms in total. The van der Waals surface area contributed by atoms with E-state index in [1.54, 1.807) is 39.8 Å². The van der Waals surface area contributed by atoms with Crippen molar-refractivity contribution in [2.45, 2.75) is 39.4 Å². The summed E-state index contributed by atoms with van der Waals surface area (Å²) in [6.45, 7) is 7.05. The molecule has 118 valence electrons. The normalized spacial score (nSPS) is 13.4. The van der Waals surface area contributed by atoms with Gasteiger partial charge in [-0.3, -0.25) is 4.98 Å². The van der Waals surface area contributed by atoms with Crippen LogP contribution in [0.2, 0.25) is 0 Å². The minimum absolute atomic E-state index is 0.326. The zero-order valence-electron chi connectivity index (χ0n) is 12.8. The Morgan fingerprint density at radius 3 is 2.59 bits per heavy atom. The minimum Gasteiger partial charge on any atom is -0.479 e. The maximum atomic E-state index is 14.1. The van der Waals surface area contributed by atoms with Gasteiger partial charge in [0.15, 0.2) is 6.10 Å². The molecule has 0 aliphatic rings. The van der Waals surface area contributed by atoms with Crippen LogP contribution in [0.3, 0.4) is 0 Å². The lowest BCUT2D eigenvalue weighted by atomic mass is 10.0. The summed E-state index contributed by atoms with van der Waals surface area (Å²) in [5.41, 5.74) is 0.785. The fraction of sp³-hybridized carbons (Fsp3) is 0.375. The van der Waals surface area contributed by atoms with Crippen LogP contribution in [0.5, 0.6) is 0 Å². The van der Waals surface area contributed by atoms with E-state index in [4.69, 9.17) is 4.74 Å². The summed E-state index contributed by atoms with van der Waals surface area (Å²) in [4.78, 5) is 16.0. The van der Waals surface area contributed by atoms with Crippen LogP contribution in [0.25, 0.3) is 10.9 Å². The molecule has 2 aromatic rings. The Bertz CT molecular complexity index is 740. The van der Waals surface area contributed by atoms with Crippen molar-refractivity contribution < 1.29 is 19.0 Å². The Morgan fingerprint density at radius 2 is 2.05 bits per heavy atom. The zero-order chi connectivity index (χ0) is 16.7. The van der Waals surface area contributed by atoms with Gasteiger partial charge < -0.3 is 9.84 Å². The number of ether oxygens (including phenoxy) is 1. The molecule has 1 atom stereocenters. The van der Waals surface area contributed by atoms with Gasteiger partial charge in [0.1, 0.15) is 5.82 Å². The number of aromatic nitrogens is 1. The molecule has 1 aromatic heterocycles. The van der Waals surface area contributed by atoms with E-state index in [2.05, 4.69) is 4.98 Å². The predicted octanol–water partition coefficient (Wildman–Crippen LogP) is 4.23. The smallest absolute Gasteiger partial charge is 0.337 e. The Kier molecular flexibility index (Phi) is 4.72. The van der Waals surface area contributed by atoms with E-state index in [1.165, 1.54) is 6.07 Å². The highest BCUT2D eigenvalue weighted by molar-refractivity contribution is 14.1. The van der Waals surface area contributed by atoms with Crippen LogP contribution in [0, 0.1) is 16.3 Å². The molecular formula is C16H17FINO3. The molecule has 0 fully saturated rings. The number of carboxylic acid groups (broad SMARTS) is 1. The lowest BCUT2D eigenvalue weighted by Gasteiger charge is -2.27. The Labute approximate surface area is 141 Å². The Balaban J connectivity index is 2.72. The van der Waals surface area contributed by atoms with Crippen LogP contribution in [0.1, 0.15) is 38.1 Å². The van der Waals surface area contributed by atoms with Crippen LogP contribution >= 0.6 is 22.6 Å². The number of hydrogen-bond acceptors (Lipinski definition) is 3. The summed E-state index contributed by atoms with van der Waals surface area (Å²) in [5, 5.41) is 9.86. The van der Waals surface area contributed by atoms with Crippen molar-refractivity contribution in [1.82, 2.24) is 4.98 Å². The quantitative estimate of drug-likeness (QED) is 0.760. The number of pyridine rings is 1. The van der Waals surface area contributed by atoms with Crippen molar-refractivity contribution in [2.75, 3.05) is 0 Å². The van der Waals surface area contributed by atoms with Crippen molar-refractivity contribution in [3.05, 3.63) is 38.8 Å². The van der Waals surface area contributed by atoms with Crippen molar-refractivity contribution in [1.29, 1.82) is 0 Å². The van der Waals surface area contributed by atoms with Crippen molar-refractivity contribution in [2.24, 2.45) is 0 Å². The van der Waals surface area contributed by atoms with Crippen LogP contribution in [0.15, 0.2) is 18.2 Å². The first kappa shape index (κ1) is 17.1. The summed E-state index contributed by atoms with van der Waals surface area (Å²) in [6, 6.07) is 4.63. The molecule has 1 aromatic carbocycles. The molecule has 0 saturated carbocycles. The van der Waals surface area contributed by atoms with Crippen LogP contribution in [-0.4, -0.2) is 21.7 Å². The number of aliphatic carboxylic acids is 1. The largest absolute Gasteiger partial charge is 0.479 e. The fourth-order valence-corrected chi connectivity index (χ4v) is 3.46. The predicted molar refractivity (Wildman–Crippen MR) is 90.4 cm³/mol. The molecule has 0 aliphatic heterocycles. The second kappa shape index (κ2) is 6.08. The van der Waals surface area contributed by atoms with Gasteiger partial charge in [-0.15, -0.1) is 0 Å². The highest BCUT2D eigenvalue weighted by Crippen LogP contribution is 2.34. The third-order valence-electron chi connectivity index (χ3n) is 3.08. The monoisotopic (exact) mass is 417 g/mol. The molecular weight excluding hydrogens is 400 g/mol. The first-order valence-electron chi connectivity index (χ1n) is 6.76. The summed E-state index contributed by atoms with van der Waals surface area (Å²) in [5.74, 6) is -1.54. The topological polar surface area (TPSA) is 59.4 Å². The molecule has 0 bridgehead atoms. The first-order chi connectivity index (χ1) is 10.1. The lowest BCUT2D eigenvalue weighted by Crippen LogP contribution is -2.28. The van der Waals surface area contributed by atoms with Crippen LogP contribution in [0.4, 0.5) is 4.39 Å². The van der Waals surface area contributed by atoms with E-state index in [0.717, 1.165) is 0 Å². The van der Waals surface area contributed by atoms with Gasteiger partial charge >= 0.3 is 5.97 Å². The van der Waals surface area contributed by atoms with Gasteiger partial charge in [-0.2, -0.15) is 0 Å². The fourth-order valence-electron chi connectivity index (χ4n) is 2.25. The van der Waals surface area contributed by atoms with Crippen LogP contribution < -0.4 is 0 Å². The van der Waals surface area contributed by atoms with Gasteiger partial charge in [0.2, 0.25) is 0 Å². The van der Waals surface area contributed by atoms with E-state index >= 15 is 0 Å². The number of halogens is 2. The molecule has 1 heterocycles. The van der Waals surface area contributed by atoms with Gasteiger partial charge in [-0.05, 0) is 62.4 Å².